The molecule has 1 aliphatic rings. The molecular formula is C22H21NO6. The number of hydrogen-bond acceptors (Lipinski definition) is 6. The van der Waals surface area contributed by atoms with Gasteiger partial charge in [0.05, 0.1) is 20.8 Å². The third-order valence-corrected chi connectivity index (χ3v) is 5.26. The molecule has 0 bridgehead atoms. The van der Waals surface area contributed by atoms with Crippen LogP contribution in [0.15, 0.2) is 54.6 Å². The Morgan fingerprint density at radius 3 is 2.17 bits per heavy atom. The third kappa shape index (κ3) is 3.29. The summed E-state index contributed by atoms with van der Waals surface area (Å²) >= 11 is 0. The minimum atomic E-state index is -1.73. The topological polar surface area (TPSA) is 90.0 Å². The number of rotatable bonds is 7. The summed E-state index contributed by atoms with van der Waals surface area (Å²) in [7, 11) is 2.25. The van der Waals surface area contributed by atoms with Gasteiger partial charge in [0.1, 0.15) is 11.7 Å². The standard InChI is InChI=1S/C22H21NO6/c1-28-19(25)18(20(26)29-2)22(12-13-24)16-10-6-7-11-17(16)23(21(22)27)14-15-8-4-3-5-9-15/h3-11,13,18H,12,14H2,1-2H3/t22-/m1/s1. The van der Waals surface area contributed by atoms with Crippen molar-refractivity contribution in [1.29, 1.82) is 0 Å². The Bertz CT molecular complexity index is 925. The summed E-state index contributed by atoms with van der Waals surface area (Å²) in [5, 5.41) is 0. The molecule has 29 heavy (non-hydrogen) atoms. The van der Waals surface area contributed by atoms with E-state index in [1.165, 1.54) is 4.90 Å². The molecule has 1 heterocycles. The molecule has 0 unspecified atom stereocenters. The molecule has 0 radical (unpaired) electrons. The Kier molecular flexibility index (Phi) is 5.77. The minimum Gasteiger partial charge on any atom is -0.468 e. The number of nitrogens with zero attached hydrogens (tertiary/aromatic N) is 1. The minimum absolute atomic E-state index is 0.229. The molecule has 150 valence electrons. The summed E-state index contributed by atoms with van der Waals surface area (Å²) in [5.74, 6) is -3.97. The predicted octanol–water partition coefficient (Wildman–Crippen LogP) is 2.02. The van der Waals surface area contributed by atoms with Gasteiger partial charge in [0.15, 0.2) is 5.92 Å². The monoisotopic (exact) mass is 395 g/mol. The van der Waals surface area contributed by atoms with Gasteiger partial charge in [0, 0.05) is 12.1 Å². The number of carbonyl (C=O) groups excluding carboxylic acids is 4. The zero-order valence-corrected chi connectivity index (χ0v) is 16.2. The number of aldehydes is 1. The maximum Gasteiger partial charge on any atom is 0.321 e. The fourth-order valence-corrected chi connectivity index (χ4v) is 3.93. The lowest BCUT2D eigenvalue weighted by Gasteiger charge is -2.32. The van der Waals surface area contributed by atoms with Crippen molar-refractivity contribution in [2.75, 3.05) is 19.1 Å². The zero-order valence-electron chi connectivity index (χ0n) is 16.2. The molecular weight excluding hydrogens is 374 g/mol. The van der Waals surface area contributed by atoms with E-state index in [2.05, 4.69) is 0 Å². The third-order valence-electron chi connectivity index (χ3n) is 5.26. The summed E-state index contributed by atoms with van der Waals surface area (Å²) < 4.78 is 9.62. The van der Waals surface area contributed by atoms with Crippen molar-refractivity contribution in [2.45, 2.75) is 18.4 Å². The molecule has 7 nitrogen and oxygen atoms in total. The number of ether oxygens (including phenoxy) is 2. The van der Waals surface area contributed by atoms with E-state index < -0.39 is 29.2 Å². The quantitative estimate of drug-likeness (QED) is 0.405. The fraction of sp³-hybridized carbons (Fsp3) is 0.273. The highest BCUT2D eigenvalue weighted by molar-refractivity contribution is 6.15. The summed E-state index contributed by atoms with van der Waals surface area (Å²) in [4.78, 5) is 52.0. The molecule has 0 aromatic heterocycles. The van der Waals surface area contributed by atoms with Crippen LogP contribution in [-0.4, -0.2) is 38.4 Å². The van der Waals surface area contributed by atoms with Gasteiger partial charge >= 0.3 is 11.9 Å². The lowest BCUT2D eigenvalue weighted by atomic mass is 9.68. The molecule has 0 N–H and O–H groups in total. The first-order valence-electron chi connectivity index (χ1n) is 9.06. The van der Waals surface area contributed by atoms with E-state index in [-0.39, 0.29) is 13.0 Å². The average molecular weight is 395 g/mol. The van der Waals surface area contributed by atoms with Gasteiger partial charge in [-0.25, -0.2) is 0 Å². The maximum absolute atomic E-state index is 13.7. The Labute approximate surface area is 168 Å². The van der Waals surface area contributed by atoms with Crippen molar-refractivity contribution in [2.24, 2.45) is 5.92 Å². The molecule has 2 aromatic rings. The van der Waals surface area contributed by atoms with Gasteiger partial charge in [-0.15, -0.1) is 0 Å². The fourth-order valence-electron chi connectivity index (χ4n) is 3.93. The van der Waals surface area contributed by atoms with Crippen LogP contribution in [0.4, 0.5) is 5.69 Å². The molecule has 1 atom stereocenters. The molecule has 3 rings (SSSR count). The van der Waals surface area contributed by atoms with Crippen molar-refractivity contribution in [3.63, 3.8) is 0 Å². The normalized spacial score (nSPS) is 17.8. The van der Waals surface area contributed by atoms with Crippen molar-refractivity contribution >= 4 is 29.8 Å². The second kappa shape index (κ2) is 8.26. The van der Waals surface area contributed by atoms with Crippen LogP contribution in [0.1, 0.15) is 17.5 Å². The maximum atomic E-state index is 13.7. The Morgan fingerprint density at radius 1 is 1.00 bits per heavy atom. The highest BCUT2D eigenvalue weighted by atomic mass is 16.5. The van der Waals surface area contributed by atoms with E-state index in [0.717, 1.165) is 19.8 Å². The second-order valence-electron chi connectivity index (χ2n) is 6.72. The molecule has 1 amide bonds. The van der Waals surface area contributed by atoms with Gasteiger partial charge in [0.25, 0.3) is 0 Å². The average Bonchev–Trinajstić information content (AvgIpc) is 2.98. The summed E-state index contributed by atoms with van der Waals surface area (Å²) in [6, 6.07) is 16.1. The largest absolute Gasteiger partial charge is 0.468 e. The number of benzene rings is 2. The van der Waals surface area contributed by atoms with Crippen LogP contribution in [0.2, 0.25) is 0 Å². The SMILES string of the molecule is COC(=O)C(C(=O)OC)[C@]1(CC=O)C(=O)N(Cc2ccccc2)c2ccccc21. The van der Waals surface area contributed by atoms with E-state index in [9.17, 15) is 19.2 Å². The number of esters is 2. The molecule has 0 aliphatic carbocycles. The van der Waals surface area contributed by atoms with E-state index in [1.54, 1.807) is 24.3 Å². The van der Waals surface area contributed by atoms with Crippen LogP contribution in [0.5, 0.6) is 0 Å². The number of fused-ring (bicyclic) bond motifs is 1. The van der Waals surface area contributed by atoms with Gasteiger partial charge in [-0.3, -0.25) is 14.4 Å². The highest BCUT2D eigenvalue weighted by Crippen LogP contribution is 2.49. The molecule has 0 saturated carbocycles. The van der Waals surface area contributed by atoms with Crippen LogP contribution in [0.3, 0.4) is 0 Å². The summed E-state index contributed by atoms with van der Waals surface area (Å²) in [5.41, 5.74) is 0.105. The molecule has 7 heteroatoms. The molecule has 0 spiro atoms. The number of hydrogen-bond donors (Lipinski definition) is 0. The smallest absolute Gasteiger partial charge is 0.321 e. The number of anilines is 1. The van der Waals surface area contributed by atoms with Crippen molar-refractivity contribution in [1.82, 2.24) is 0 Å². The Hall–Kier alpha value is -3.48. The first-order chi connectivity index (χ1) is 14.0. The zero-order chi connectivity index (χ0) is 21.0. The number of methoxy groups -OCH3 is 2. The van der Waals surface area contributed by atoms with Crippen molar-refractivity contribution in [3.05, 3.63) is 65.7 Å². The Morgan fingerprint density at radius 2 is 1.59 bits per heavy atom. The molecule has 2 aromatic carbocycles. The van der Waals surface area contributed by atoms with E-state index >= 15 is 0 Å². The first kappa shape index (κ1) is 20.3. The van der Waals surface area contributed by atoms with Crippen LogP contribution in [0, 0.1) is 5.92 Å². The molecule has 1 aliphatic heterocycles. The van der Waals surface area contributed by atoms with E-state index in [4.69, 9.17) is 9.47 Å². The van der Waals surface area contributed by atoms with Crippen LogP contribution in [0.25, 0.3) is 0 Å². The lowest BCUT2D eigenvalue weighted by Crippen LogP contribution is -2.52. The summed E-state index contributed by atoms with van der Waals surface area (Å²) in [6.45, 7) is 0.229. The van der Waals surface area contributed by atoms with Gasteiger partial charge in [-0.2, -0.15) is 0 Å². The number of carbonyl (C=O) groups is 4. The van der Waals surface area contributed by atoms with Gasteiger partial charge in [-0.05, 0) is 17.2 Å². The van der Waals surface area contributed by atoms with E-state index in [1.807, 2.05) is 30.3 Å². The van der Waals surface area contributed by atoms with Crippen molar-refractivity contribution in [3.8, 4) is 0 Å². The molecule has 0 saturated heterocycles. The summed E-state index contributed by atoms with van der Waals surface area (Å²) in [6.07, 6.45) is 0.183. The van der Waals surface area contributed by atoms with Crippen molar-refractivity contribution < 1.29 is 28.7 Å². The van der Waals surface area contributed by atoms with Crippen LogP contribution >= 0.6 is 0 Å². The van der Waals surface area contributed by atoms with Crippen LogP contribution in [-0.2, 0) is 40.6 Å². The van der Waals surface area contributed by atoms with Gasteiger partial charge < -0.3 is 19.2 Å². The number of amides is 1. The Balaban J connectivity index is 2.21. The number of para-hydroxylation sites is 1. The van der Waals surface area contributed by atoms with Crippen LogP contribution < -0.4 is 4.90 Å². The predicted molar refractivity (Wildman–Crippen MR) is 104 cm³/mol. The van der Waals surface area contributed by atoms with Gasteiger partial charge in [-0.1, -0.05) is 48.5 Å². The lowest BCUT2D eigenvalue weighted by molar-refractivity contribution is -0.165. The van der Waals surface area contributed by atoms with E-state index in [0.29, 0.717) is 17.5 Å². The second-order valence-corrected chi connectivity index (χ2v) is 6.72. The van der Waals surface area contributed by atoms with Gasteiger partial charge in [0.2, 0.25) is 5.91 Å². The first-order valence-corrected chi connectivity index (χ1v) is 9.06. The molecule has 0 fully saturated rings. The highest BCUT2D eigenvalue weighted by Gasteiger charge is 2.61.